The molecule has 3 aliphatic heterocycles. The van der Waals surface area contributed by atoms with E-state index in [1.165, 1.54) is 13.2 Å². The molecular weight excluding hydrogens is 436 g/mol. The number of nitrogens with zero attached hydrogens (tertiary/aromatic N) is 1. The first-order chi connectivity index (χ1) is 15.3. The molecule has 5 rings (SSSR count). The highest BCUT2D eigenvalue weighted by atomic mass is 35.5. The molecule has 3 heterocycles. The molecule has 0 unspecified atom stereocenters. The predicted octanol–water partition coefficient (Wildman–Crippen LogP) is 1.15. The Bertz CT molecular complexity index is 1200. The largest absolute Gasteiger partial charge is 0.495 e. The summed E-state index contributed by atoms with van der Waals surface area (Å²) >= 11 is 6.13. The Kier molecular flexibility index (Phi) is 4.51. The number of fused-ring (bicyclic) bond motifs is 4. The van der Waals surface area contributed by atoms with Gasteiger partial charge in [-0.05, 0) is 24.3 Å². The molecule has 1 spiro atoms. The van der Waals surface area contributed by atoms with Crippen LogP contribution < -0.4 is 26.0 Å². The maximum atomic E-state index is 13.8. The minimum atomic E-state index is -1.51. The highest BCUT2D eigenvalue weighted by molar-refractivity contribution is 6.32. The van der Waals surface area contributed by atoms with Crippen LogP contribution in [-0.4, -0.2) is 36.8 Å². The first-order valence-electron chi connectivity index (χ1n) is 9.98. The molecule has 2 fully saturated rings. The minimum absolute atomic E-state index is 0.184. The molecule has 0 aliphatic carbocycles. The molecule has 10 heteroatoms. The molecular formula is C22H19ClN4O5. The summed E-state index contributed by atoms with van der Waals surface area (Å²) in [7, 11) is 1.41. The van der Waals surface area contributed by atoms with Crippen LogP contribution in [-0.2, 0) is 24.7 Å². The minimum Gasteiger partial charge on any atom is -0.495 e. The van der Waals surface area contributed by atoms with Crippen molar-refractivity contribution < 1.29 is 23.9 Å². The first-order valence-corrected chi connectivity index (χ1v) is 10.4. The molecule has 0 aromatic heterocycles. The summed E-state index contributed by atoms with van der Waals surface area (Å²) in [6.45, 7) is 0. The number of primary amides is 1. The summed E-state index contributed by atoms with van der Waals surface area (Å²) in [6.07, 6.45) is -0.210. The maximum absolute atomic E-state index is 13.8. The second-order valence-corrected chi connectivity index (χ2v) is 8.50. The van der Waals surface area contributed by atoms with Crippen LogP contribution in [0.2, 0.25) is 5.02 Å². The van der Waals surface area contributed by atoms with Crippen molar-refractivity contribution in [1.29, 1.82) is 0 Å². The van der Waals surface area contributed by atoms with Crippen LogP contribution in [0, 0.1) is 11.8 Å². The summed E-state index contributed by atoms with van der Waals surface area (Å²) in [6, 6.07) is 10.7. The van der Waals surface area contributed by atoms with Crippen molar-refractivity contribution in [3.63, 3.8) is 0 Å². The topological polar surface area (TPSA) is 131 Å². The van der Waals surface area contributed by atoms with E-state index in [0.717, 1.165) is 4.90 Å². The quantitative estimate of drug-likeness (QED) is 0.594. The fourth-order valence-electron chi connectivity index (χ4n) is 5.23. The number of para-hydroxylation sites is 1. The van der Waals surface area contributed by atoms with E-state index >= 15 is 0 Å². The van der Waals surface area contributed by atoms with Gasteiger partial charge in [-0.25, -0.2) is 4.90 Å². The average molecular weight is 455 g/mol. The second-order valence-electron chi connectivity index (χ2n) is 8.06. The third kappa shape index (κ3) is 2.61. The first kappa shape index (κ1) is 20.5. The summed E-state index contributed by atoms with van der Waals surface area (Å²) < 4.78 is 5.34. The van der Waals surface area contributed by atoms with Crippen LogP contribution in [0.3, 0.4) is 0 Å². The van der Waals surface area contributed by atoms with Crippen LogP contribution >= 0.6 is 11.6 Å². The molecule has 0 bridgehead atoms. The van der Waals surface area contributed by atoms with Crippen molar-refractivity contribution in [2.45, 2.75) is 18.0 Å². The number of halogens is 1. The van der Waals surface area contributed by atoms with E-state index in [9.17, 15) is 19.2 Å². The number of nitrogens with two attached hydrogens (primary N) is 1. The van der Waals surface area contributed by atoms with Crippen LogP contribution in [0.1, 0.15) is 12.0 Å². The average Bonchev–Trinajstić information content (AvgIpc) is 3.32. The third-order valence-corrected chi connectivity index (χ3v) is 6.66. The van der Waals surface area contributed by atoms with Crippen molar-refractivity contribution in [3.05, 3.63) is 53.1 Å². The van der Waals surface area contributed by atoms with E-state index in [0.29, 0.717) is 16.3 Å². The Hall–Kier alpha value is -3.43. The highest BCUT2D eigenvalue weighted by Gasteiger charge is 2.70. The zero-order chi connectivity index (χ0) is 22.8. The summed E-state index contributed by atoms with van der Waals surface area (Å²) in [5, 5.41) is 6.24. The Morgan fingerprint density at radius 2 is 1.94 bits per heavy atom. The zero-order valence-electron chi connectivity index (χ0n) is 16.9. The number of hydrogen-bond donors (Lipinski definition) is 3. The molecule has 32 heavy (non-hydrogen) atoms. The number of hydrogen-bond acceptors (Lipinski definition) is 6. The number of carbonyl (C=O) groups excluding carboxylic acids is 4. The van der Waals surface area contributed by atoms with Gasteiger partial charge in [-0.3, -0.25) is 24.5 Å². The Morgan fingerprint density at radius 1 is 1.19 bits per heavy atom. The third-order valence-electron chi connectivity index (χ3n) is 6.43. The van der Waals surface area contributed by atoms with Gasteiger partial charge in [0.1, 0.15) is 11.3 Å². The molecule has 9 nitrogen and oxygen atoms in total. The van der Waals surface area contributed by atoms with Gasteiger partial charge in [0.25, 0.3) is 0 Å². The van der Waals surface area contributed by atoms with Gasteiger partial charge in [0.15, 0.2) is 0 Å². The van der Waals surface area contributed by atoms with Crippen LogP contribution in [0.15, 0.2) is 42.5 Å². The Morgan fingerprint density at radius 3 is 2.66 bits per heavy atom. The lowest BCUT2D eigenvalue weighted by molar-refractivity contribution is -0.130. The maximum Gasteiger partial charge on any atom is 0.250 e. The van der Waals surface area contributed by atoms with E-state index in [-0.39, 0.29) is 17.9 Å². The number of methoxy groups -OCH3 is 1. The molecule has 2 aromatic rings. The van der Waals surface area contributed by atoms with Gasteiger partial charge in [0, 0.05) is 28.7 Å². The number of amides is 4. The Balaban J connectivity index is 1.69. The molecule has 4 amide bonds. The zero-order valence-corrected chi connectivity index (χ0v) is 17.7. The van der Waals surface area contributed by atoms with Gasteiger partial charge in [-0.1, -0.05) is 29.8 Å². The lowest BCUT2D eigenvalue weighted by Gasteiger charge is -2.29. The number of benzene rings is 2. The van der Waals surface area contributed by atoms with Crippen molar-refractivity contribution in [2.75, 3.05) is 17.3 Å². The van der Waals surface area contributed by atoms with Crippen molar-refractivity contribution >= 4 is 46.6 Å². The van der Waals surface area contributed by atoms with Crippen LogP contribution in [0.25, 0.3) is 0 Å². The van der Waals surface area contributed by atoms with E-state index in [4.69, 9.17) is 22.1 Å². The molecule has 164 valence electrons. The highest BCUT2D eigenvalue weighted by Crippen LogP contribution is 2.54. The number of imide groups is 1. The van der Waals surface area contributed by atoms with Gasteiger partial charge < -0.3 is 15.8 Å². The van der Waals surface area contributed by atoms with E-state index in [1.54, 1.807) is 36.4 Å². The molecule has 3 aliphatic rings. The van der Waals surface area contributed by atoms with Gasteiger partial charge >= 0.3 is 0 Å². The molecule has 4 atom stereocenters. The van der Waals surface area contributed by atoms with Crippen molar-refractivity contribution in [3.8, 4) is 5.75 Å². The molecule has 2 aromatic carbocycles. The van der Waals surface area contributed by atoms with Crippen molar-refractivity contribution in [1.82, 2.24) is 5.32 Å². The fourth-order valence-corrected chi connectivity index (χ4v) is 5.39. The molecule has 2 saturated heterocycles. The molecule has 4 N–H and O–H groups in total. The molecule has 0 radical (unpaired) electrons. The number of rotatable bonds is 4. The number of ether oxygens (including phenoxy) is 1. The number of anilines is 2. The lowest BCUT2D eigenvalue weighted by Crippen LogP contribution is -2.53. The normalized spacial score (nSPS) is 28.1. The van der Waals surface area contributed by atoms with E-state index in [1.807, 2.05) is 0 Å². The lowest BCUT2D eigenvalue weighted by atomic mass is 9.76. The van der Waals surface area contributed by atoms with Gasteiger partial charge in [0.2, 0.25) is 23.6 Å². The number of nitrogens with one attached hydrogen (secondary N) is 2. The summed E-state index contributed by atoms with van der Waals surface area (Å²) in [4.78, 5) is 53.5. The fraction of sp³-hybridized carbons (Fsp3) is 0.273. The SMILES string of the molecule is COc1ccc(Cl)cc1N1C(=O)[C@@H]2[C@H](CC(N)=O)N[C@@]3(C(=O)Nc4ccccc43)[C@@H]2C1=O. The standard InChI is InChI=1S/C22H19ClN4O5/c1-32-15-7-6-10(23)8-14(15)27-19(29)17-13(9-16(24)28)26-22(18(17)20(27)30)11-4-2-3-5-12(11)25-21(22)31/h2-8,13,17-18,26H,9H2,1H3,(H2,24,28)(H,25,31)/t13-,17+,18-,22+/m0/s1. The van der Waals surface area contributed by atoms with E-state index < -0.39 is 47.0 Å². The van der Waals surface area contributed by atoms with Crippen LogP contribution in [0.4, 0.5) is 11.4 Å². The van der Waals surface area contributed by atoms with Gasteiger partial charge in [0.05, 0.1) is 24.6 Å². The smallest absolute Gasteiger partial charge is 0.250 e. The monoisotopic (exact) mass is 454 g/mol. The van der Waals surface area contributed by atoms with Crippen molar-refractivity contribution in [2.24, 2.45) is 17.6 Å². The molecule has 0 saturated carbocycles. The Labute approximate surface area is 187 Å². The number of carbonyl (C=O) groups is 4. The van der Waals surface area contributed by atoms with Crippen LogP contribution in [0.5, 0.6) is 5.75 Å². The summed E-state index contributed by atoms with van der Waals surface area (Å²) in [5.74, 6) is -4.01. The predicted molar refractivity (Wildman–Crippen MR) is 115 cm³/mol. The van der Waals surface area contributed by atoms with E-state index in [2.05, 4.69) is 10.6 Å². The summed E-state index contributed by atoms with van der Waals surface area (Å²) in [5.41, 5.74) is 5.21. The van der Waals surface area contributed by atoms with Gasteiger partial charge in [-0.15, -0.1) is 0 Å². The van der Waals surface area contributed by atoms with Gasteiger partial charge in [-0.2, -0.15) is 0 Å². The second kappa shape index (κ2) is 7.04.